The van der Waals surface area contributed by atoms with E-state index in [2.05, 4.69) is 6.58 Å². The minimum atomic E-state index is -0.379. The standard InChI is InChI=1S/C12H16FNO2/c1-2-5-14(6-7-15)12-4-3-11(13)8-10(12)9-16/h2-4,8,15-16H,1,5-7,9H2. The summed E-state index contributed by atoms with van der Waals surface area (Å²) in [4.78, 5) is 1.83. The van der Waals surface area contributed by atoms with E-state index >= 15 is 0 Å². The lowest BCUT2D eigenvalue weighted by molar-refractivity contribution is 0.280. The van der Waals surface area contributed by atoms with Gasteiger partial charge >= 0.3 is 0 Å². The molecule has 2 N–H and O–H groups in total. The van der Waals surface area contributed by atoms with Crippen LogP contribution < -0.4 is 4.90 Å². The van der Waals surface area contributed by atoms with Gasteiger partial charge in [-0.05, 0) is 18.2 Å². The van der Waals surface area contributed by atoms with Crippen molar-refractivity contribution in [2.75, 3.05) is 24.6 Å². The molecule has 0 saturated carbocycles. The molecular formula is C12H16FNO2. The molecule has 0 aliphatic rings. The van der Waals surface area contributed by atoms with Gasteiger partial charge in [-0.2, -0.15) is 0 Å². The van der Waals surface area contributed by atoms with Crippen LogP contribution >= 0.6 is 0 Å². The number of halogens is 1. The second-order valence-corrected chi connectivity index (χ2v) is 3.39. The molecule has 0 bridgehead atoms. The zero-order valence-corrected chi connectivity index (χ0v) is 9.06. The van der Waals surface area contributed by atoms with Crippen molar-refractivity contribution in [3.63, 3.8) is 0 Å². The van der Waals surface area contributed by atoms with E-state index in [-0.39, 0.29) is 19.0 Å². The van der Waals surface area contributed by atoms with Gasteiger partial charge in [-0.15, -0.1) is 6.58 Å². The molecule has 1 aromatic carbocycles. The summed E-state index contributed by atoms with van der Waals surface area (Å²) in [7, 11) is 0. The Morgan fingerprint density at radius 3 is 2.69 bits per heavy atom. The van der Waals surface area contributed by atoms with E-state index in [1.54, 1.807) is 12.1 Å². The number of aliphatic hydroxyl groups excluding tert-OH is 2. The van der Waals surface area contributed by atoms with E-state index in [9.17, 15) is 4.39 Å². The Morgan fingerprint density at radius 2 is 2.12 bits per heavy atom. The molecule has 0 spiro atoms. The first-order valence-corrected chi connectivity index (χ1v) is 5.09. The van der Waals surface area contributed by atoms with E-state index in [1.165, 1.54) is 12.1 Å². The van der Waals surface area contributed by atoms with Crippen LogP contribution in [0.2, 0.25) is 0 Å². The van der Waals surface area contributed by atoms with Crippen LogP contribution in [-0.4, -0.2) is 29.9 Å². The Kier molecular flexibility index (Phi) is 4.95. The molecule has 88 valence electrons. The van der Waals surface area contributed by atoms with Crippen molar-refractivity contribution in [3.8, 4) is 0 Å². The molecule has 1 rings (SSSR count). The Balaban J connectivity index is 3.01. The third kappa shape index (κ3) is 3.05. The molecular weight excluding hydrogens is 209 g/mol. The summed E-state index contributed by atoms with van der Waals surface area (Å²) < 4.78 is 13.0. The summed E-state index contributed by atoms with van der Waals surface area (Å²) in [5, 5.41) is 18.1. The average Bonchev–Trinajstić information content (AvgIpc) is 2.28. The van der Waals surface area contributed by atoms with Gasteiger partial charge in [0.25, 0.3) is 0 Å². The van der Waals surface area contributed by atoms with Crippen molar-refractivity contribution in [3.05, 3.63) is 42.2 Å². The molecule has 1 aromatic rings. The second kappa shape index (κ2) is 6.25. The van der Waals surface area contributed by atoms with Crippen LogP contribution in [-0.2, 0) is 6.61 Å². The maximum atomic E-state index is 13.0. The predicted octanol–water partition coefficient (Wildman–Crippen LogP) is 1.30. The smallest absolute Gasteiger partial charge is 0.123 e. The zero-order chi connectivity index (χ0) is 12.0. The molecule has 0 aliphatic carbocycles. The minimum Gasteiger partial charge on any atom is -0.395 e. The SMILES string of the molecule is C=CCN(CCO)c1ccc(F)cc1CO. The normalized spacial score (nSPS) is 10.2. The first-order chi connectivity index (χ1) is 7.72. The van der Waals surface area contributed by atoms with Gasteiger partial charge in [-0.25, -0.2) is 4.39 Å². The van der Waals surface area contributed by atoms with Gasteiger partial charge < -0.3 is 15.1 Å². The Bertz CT molecular complexity index is 355. The molecule has 0 amide bonds. The van der Waals surface area contributed by atoms with Crippen molar-refractivity contribution in [1.29, 1.82) is 0 Å². The average molecular weight is 225 g/mol. The van der Waals surface area contributed by atoms with E-state index in [1.807, 2.05) is 4.90 Å². The molecule has 0 saturated heterocycles. The molecule has 0 unspecified atom stereocenters. The van der Waals surface area contributed by atoms with Crippen LogP contribution in [0.3, 0.4) is 0 Å². The van der Waals surface area contributed by atoms with E-state index in [4.69, 9.17) is 10.2 Å². The maximum Gasteiger partial charge on any atom is 0.123 e. The summed E-state index contributed by atoms with van der Waals surface area (Å²) in [5.74, 6) is -0.379. The Hall–Kier alpha value is -1.39. The predicted molar refractivity (Wildman–Crippen MR) is 61.8 cm³/mol. The fraction of sp³-hybridized carbons (Fsp3) is 0.333. The highest BCUT2D eigenvalue weighted by molar-refractivity contribution is 5.54. The van der Waals surface area contributed by atoms with Crippen LogP contribution in [0, 0.1) is 5.82 Å². The van der Waals surface area contributed by atoms with Gasteiger partial charge in [0.15, 0.2) is 0 Å². The number of benzene rings is 1. The first-order valence-electron chi connectivity index (χ1n) is 5.09. The van der Waals surface area contributed by atoms with Gasteiger partial charge in [0.05, 0.1) is 13.2 Å². The Labute approximate surface area is 94.4 Å². The van der Waals surface area contributed by atoms with Gasteiger partial charge in [0.1, 0.15) is 5.82 Å². The summed E-state index contributed by atoms with van der Waals surface area (Å²) in [6.45, 7) is 4.35. The van der Waals surface area contributed by atoms with Gasteiger partial charge in [-0.3, -0.25) is 0 Å². The van der Waals surface area contributed by atoms with Crippen LogP contribution in [0.15, 0.2) is 30.9 Å². The van der Waals surface area contributed by atoms with Crippen molar-refractivity contribution in [1.82, 2.24) is 0 Å². The number of nitrogens with zero attached hydrogens (tertiary/aromatic N) is 1. The summed E-state index contributed by atoms with van der Waals surface area (Å²) in [6.07, 6.45) is 1.69. The fourth-order valence-corrected chi connectivity index (χ4v) is 1.58. The number of aliphatic hydroxyl groups is 2. The van der Waals surface area contributed by atoms with Crippen LogP contribution in [0.1, 0.15) is 5.56 Å². The highest BCUT2D eigenvalue weighted by Crippen LogP contribution is 2.21. The number of anilines is 1. The maximum absolute atomic E-state index is 13.0. The third-order valence-corrected chi connectivity index (χ3v) is 2.27. The molecule has 16 heavy (non-hydrogen) atoms. The monoisotopic (exact) mass is 225 g/mol. The largest absolute Gasteiger partial charge is 0.395 e. The summed E-state index contributed by atoms with van der Waals surface area (Å²) >= 11 is 0. The Morgan fingerprint density at radius 1 is 1.38 bits per heavy atom. The van der Waals surface area contributed by atoms with E-state index in [0.29, 0.717) is 18.7 Å². The lowest BCUT2D eigenvalue weighted by atomic mass is 10.1. The van der Waals surface area contributed by atoms with Gasteiger partial charge in [0, 0.05) is 24.3 Å². The molecule has 0 aliphatic heterocycles. The van der Waals surface area contributed by atoms with Crippen molar-refractivity contribution >= 4 is 5.69 Å². The van der Waals surface area contributed by atoms with Crippen LogP contribution in [0.4, 0.5) is 10.1 Å². The fourth-order valence-electron chi connectivity index (χ4n) is 1.58. The van der Waals surface area contributed by atoms with E-state index < -0.39 is 0 Å². The quantitative estimate of drug-likeness (QED) is 0.717. The van der Waals surface area contributed by atoms with Crippen molar-refractivity contribution < 1.29 is 14.6 Å². The topological polar surface area (TPSA) is 43.7 Å². The van der Waals surface area contributed by atoms with Crippen LogP contribution in [0.25, 0.3) is 0 Å². The lowest BCUT2D eigenvalue weighted by Gasteiger charge is -2.24. The van der Waals surface area contributed by atoms with Gasteiger partial charge in [-0.1, -0.05) is 6.08 Å². The summed E-state index contributed by atoms with van der Waals surface area (Å²) in [6, 6.07) is 4.23. The molecule has 0 aromatic heterocycles. The van der Waals surface area contributed by atoms with Gasteiger partial charge in [0.2, 0.25) is 0 Å². The molecule has 0 fully saturated rings. The number of rotatable bonds is 6. The molecule has 0 atom stereocenters. The lowest BCUT2D eigenvalue weighted by Crippen LogP contribution is -2.27. The number of hydrogen-bond acceptors (Lipinski definition) is 3. The first kappa shape index (κ1) is 12.7. The molecule has 0 radical (unpaired) electrons. The van der Waals surface area contributed by atoms with E-state index in [0.717, 1.165) is 5.69 Å². The van der Waals surface area contributed by atoms with Crippen molar-refractivity contribution in [2.24, 2.45) is 0 Å². The summed E-state index contributed by atoms with van der Waals surface area (Å²) in [5.41, 5.74) is 1.23. The number of hydrogen-bond donors (Lipinski definition) is 2. The molecule has 3 nitrogen and oxygen atoms in total. The molecule has 0 heterocycles. The second-order valence-electron chi connectivity index (χ2n) is 3.39. The highest BCUT2D eigenvalue weighted by Gasteiger charge is 2.10. The highest BCUT2D eigenvalue weighted by atomic mass is 19.1. The third-order valence-electron chi connectivity index (χ3n) is 2.27. The zero-order valence-electron chi connectivity index (χ0n) is 9.06. The van der Waals surface area contributed by atoms with Crippen LogP contribution in [0.5, 0.6) is 0 Å². The molecule has 4 heteroatoms. The van der Waals surface area contributed by atoms with Crippen molar-refractivity contribution in [2.45, 2.75) is 6.61 Å². The minimum absolute atomic E-state index is 0.00388.